The van der Waals surface area contributed by atoms with Crippen molar-refractivity contribution in [3.05, 3.63) is 23.8 Å². The number of aliphatic hydroxyl groups excluding tert-OH is 1. The highest BCUT2D eigenvalue weighted by Gasteiger charge is 2.22. The second-order valence-corrected chi connectivity index (χ2v) is 4.23. The van der Waals surface area contributed by atoms with Gasteiger partial charge in [-0.25, -0.2) is 0 Å². The van der Waals surface area contributed by atoms with Crippen molar-refractivity contribution >= 4 is 0 Å². The van der Waals surface area contributed by atoms with Crippen molar-refractivity contribution < 1.29 is 14.6 Å². The monoisotopic (exact) mass is 237 g/mol. The van der Waals surface area contributed by atoms with Crippen LogP contribution >= 0.6 is 0 Å². The number of nitrogens with one attached hydrogen (secondary N) is 1. The number of rotatable bonds is 5. The van der Waals surface area contributed by atoms with Gasteiger partial charge in [-0.05, 0) is 31.2 Å². The van der Waals surface area contributed by atoms with Gasteiger partial charge in [0.1, 0.15) is 0 Å². The fraction of sp³-hybridized carbons (Fsp3) is 0.538. The van der Waals surface area contributed by atoms with Crippen LogP contribution in [0.2, 0.25) is 0 Å². The average Bonchev–Trinajstić information content (AvgIpc) is 2.82. The van der Waals surface area contributed by atoms with E-state index in [1.54, 1.807) is 0 Å². The molecule has 17 heavy (non-hydrogen) atoms. The van der Waals surface area contributed by atoms with Crippen molar-refractivity contribution in [2.24, 2.45) is 5.92 Å². The maximum Gasteiger partial charge on any atom is 0.231 e. The summed E-state index contributed by atoms with van der Waals surface area (Å²) in [6, 6.07) is 6.07. The Morgan fingerprint density at radius 2 is 2.12 bits per heavy atom. The molecule has 2 rings (SSSR count). The Bertz CT molecular complexity index is 377. The lowest BCUT2D eigenvalue weighted by Crippen LogP contribution is -2.27. The van der Waals surface area contributed by atoms with E-state index in [9.17, 15) is 5.11 Å². The number of hydrogen-bond donors (Lipinski definition) is 2. The van der Waals surface area contributed by atoms with Gasteiger partial charge in [0, 0.05) is 18.6 Å². The van der Waals surface area contributed by atoms with E-state index in [0.29, 0.717) is 6.79 Å². The first-order valence-corrected chi connectivity index (χ1v) is 5.97. The lowest BCUT2D eigenvalue weighted by Gasteiger charge is -2.24. The summed E-state index contributed by atoms with van der Waals surface area (Å²) in [5, 5.41) is 12.6. The van der Waals surface area contributed by atoms with Crippen molar-refractivity contribution in [3.8, 4) is 11.5 Å². The van der Waals surface area contributed by atoms with E-state index in [1.165, 1.54) is 0 Å². The molecule has 1 heterocycles. The summed E-state index contributed by atoms with van der Waals surface area (Å²) in [7, 11) is 1.91. The molecule has 1 aliphatic rings. The van der Waals surface area contributed by atoms with Crippen molar-refractivity contribution in [1.29, 1.82) is 0 Å². The molecule has 1 aliphatic heterocycles. The molecular weight excluding hydrogens is 218 g/mol. The van der Waals surface area contributed by atoms with Gasteiger partial charge in [0.15, 0.2) is 11.5 Å². The van der Waals surface area contributed by atoms with E-state index in [0.717, 1.165) is 23.5 Å². The number of hydrogen-bond acceptors (Lipinski definition) is 4. The lowest BCUT2D eigenvalue weighted by atomic mass is 9.91. The van der Waals surface area contributed by atoms with Crippen molar-refractivity contribution in [3.63, 3.8) is 0 Å². The quantitative estimate of drug-likeness (QED) is 0.818. The average molecular weight is 237 g/mol. The van der Waals surface area contributed by atoms with Crippen LogP contribution in [0.25, 0.3) is 0 Å². The van der Waals surface area contributed by atoms with Crippen LogP contribution in [-0.2, 0) is 0 Å². The first-order chi connectivity index (χ1) is 8.30. The zero-order valence-corrected chi connectivity index (χ0v) is 10.3. The Labute approximate surface area is 102 Å². The molecule has 0 aromatic heterocycles. The van der Waals surface area contributed by atoms with E-state index in [2.05, 4.69) is 12.2 Å². The molecule has 1 aromatic carbocycles. The zero-order chi connectivity index (χ0) is 12.3. The summed E-state index contributed by atoms with van der Waals surface area (Å²) < 4.78 is 10.7. The highest BCUT2D eigenvalue weighted by atomic mass is 16.7. The van der Waals surface area contributed by atoms with Crippen LogP contribution in [-0.4, -0.2) is 25.6 Å². The Balaban J connectivity index is 2.25. The minimum Gasteiger partial charge on any atom is -0.454 e. The lowest BCUT2D eigenvalue weighted by molar-refractivity contribution is 0.173. The van der Waals surface area contributed by atoms with Crippen LogP contribution in [0, 0.1) is 5.92 Å². The SMILES string of the molecule is CCC(CO)C(NC)c1ccc2c(c1)OCO2. The summed E-state index contributed by atoms with van der Waals surface area (Å²) >= 11 is 0. The molecule has 1 aromatic rings. The molecular formula is C13H19NO3. The predicted octanol–water partition coefficient (Wildman–Crippen LogP) is 1.69. The number of ether oxygens (including phenoxy) is 2. The minimum atomic E-state index is 0.138. The Morgan fingerprint density at radius 3 is 2.76 bits per heavy atom. The van der Waals surface area contributed by atoms with Crippen LogP contribution < -0.4 is 14.8 Å². The number of fused-ring (bicyclic) bond motifs is 1. The van der Waals surface area contributed by atoms with E-state index in [4.69, 9.17) is 9.47 Å². The number of benzene rings is 1. The normalized spacial score (nSPS) is 16.9. The predicted molar refractivity (Wildman–Crippen MR) is 65.2 cm³/mol. The maximum absolute atomic E-state index is 9.39. The minimum absolute atomic E-state index is 0.138. The van der Waals surface area contributed by atoms with Crippen molar-refractivity contribution in [2.45, 2.75) is 19.4 Å². The molecule has 0 bridgehead atoms. The Kier molecular flexibility index (Phi) is 3.86. The van der Waals surface area contributed by atoms with Gasteiger partial charge < -0.3 is 19.9 Å². The Hall–Kier alpha value is -1.26. The van der Waals surface area contributed by atoms with Gasteiger partial charge in [-0.15, -0.1) is 0 Å². The van der Waals surface area contributed by atoms with Gasteiger partial charge in [0.05, 0.1) is 0 Å². The van der Waals surface area contributed by atoms with Gasteiger partial charge in [0.25, 0.3) is 0 Å². The third-order valence-corrected chi connectivity index (χ3v) is 3.30. The standard InChI is InChI=1S/C13H19NO3/c1-3-9(7-15)13(14-2)10-4-5-11-12(6-10)17-8-16-11/h4-6,9,13-15H,3,7-8H2,1-2H3. The molecule has 0 saturated carbocycles. The summed E-state index contributed by atoms with van der Waals surface area (Å²) in [6.07, 6.45) is 0.927. The van der Waals surface area contributed by atoms with Crippen LogP contribution in [0.15, 0.2) is 18.2 Å². The van der Waals surface area contributed by atoms with E-state index >= 15 is 0 Å². The molecule has 94 valence electrons. The van der Waals surface area contributed by atoms with Crippen LogP contribution in [0.1, 0.15) is 24.9 Å². The molecule has 0 radical (unpaired) electrons. The summed E-state index contributed by atoms with van der Waals surface area (Å²) in [4.78, 5) is 0. The number of aliphatic hydroxyl groups is 1. The highest BCUT2D eigenvalue weighted by molar-refractivity contribution is 5.45. The summed E-state index contributed by atoms with van der Waals surface area (Å²) in [6.45, 7) is 2.55. The second-order valence-electron chi connectivity index (χ2n) is 4.23. The van der Waals surface area contributed by atoms with Crippen LogP contribution in [0.5, 0.6) is 11.5 Å². The summed E-state index contributed by atoms with van der Waals surface area (Å²) in [5.41, 5.74) is 1.12. The molecule has 4 nitrogen and oxygen atoms in total. The van der Waals surface area contributed by atoms with Crippen molar-refractivity contribution in [1.82, 2.24) is 5.32 Å². The smallest absolute Gasteiger partial charge is 0.231 e. The van der Waals surface area contributed by atoms with Gasteiger partial charge in [0.2, 0.25) is 6.79 Å². The summed E-state index contributed by atoms with van der Waals surface area (Å²) in [5.74, 6) is 1.79. The third-order valence-electron chi connectivity index (χ3n) is 3.30. The molecule has 0 fully saturated rings. The molecule has 0 saturated heterocycles. The molecule has 0 amide bonds. The Morgan fingerprint density at radius 1 is 1.35 bits per heavy atom. The molecule has 4 heteroatoms. The molecule has 0 aliphatic carbocycles. The van der Waals surface area contributed by atoms with E-state index in [-0.39, 0.29) is 18.6 Å². The molecule has 0 spiro atoms. The highest BCUT2D eigenvalue weighted by Crippen LogP contribution is 2.36. The first-order valence-electron chi connectivity index (χ1n) is 5.97. The van der Waals surface area contributed by atoms with Gasteiger partial charge in [-0.1, -0.05) is 13.0 Å². The van der Waals surface area contributed by atoms with E-state index < -0.39 is 0 Å². The van der Waals surface area contributed by atoms with E-state index in [1.807, 2.05) is 25.2 Å². The van der Waals surface area contributed by atoms with Gasteiger partial charge >= 0.3 is 0 Å². The van der Waals surface area contributed by atoms with Gasteiger partial charge in [-0.2, -0.15) is 0 Å². The third kappa shape index (κ3) is 2.37. The van der Waals surface area contributed by atoms with Crippen molar-refractivity contribution in [2.75, 3.05) is 20.4 Å². The van der Waals surface area contributed by atoms with Gasteiger partial charge in [-0.3, -0.25) is 0 Å². The molecule has 2 unspecified atom stereocenters. The fourth-order valence-corrected chi connectivity index (χ4v) is 2.25. The maximum atomic E-state index is 9.39. The fourth-order valence-electron chi connectivity index (χ4n) is 2.25. The molecule has 2 atom stereocenters. The first kappa shape index (κ1) is 12.2. The molecule has 2 N–H and O–H groups in total. The largest absolute Gasteiger partial charge is 0.454 e. The zero-order valence-electron chi connectivity index (χ0n) is 10.3. The second kappa shape index (κ2) is 5.38. The van der Waals surface area contributed by atoms with Crippen LogP contribution in [0.4, 0.5) is 0 Å². The van der Waals surface area contributed by atoms with Crippen LogP contribution in [0.3, 0.4) is 0 Å². The topological polar surface area (TPSA) is 50.7 Å².